The number of unbranched alkanes of at least 4 members (excludes halogenated alkanes) is 2. The summed E-state index contributed by atoms with van der Waals surface area (Å²) in [7, 11) is 0. The SMILES string of the molecule is CCNC(=NCC(C)(O)c1ccsc1)NCCCCCN1CCCCC1.I. The van der Waals surface area contributed by atoms with Crippen LogP contribution in [0, 0.1) is 0 Å². The summed E-state index contributed by atoms with van der Waals surface area (Å²) in [5.74, 6) is 0.791. The molecule has 0 saturated carbocycles. The van der Waals surface area contributed by atoms with Gasteiger partial charge in [-0.25, -0.2) is 4.99 Å². The highest BCUT2D eigenvalue weighted by molar-refractivity contribution is 14.0. The lowest BCUT2D eigenvalue weighted by Gasteiger charge is -2.26. The maximum absolute atomic E-state index is 10.6. The fraction of sp³-hybridized carbons (Fsp3) is 0.750. The smallest absolute Gasteiger partial charge is 0.191 e. The van der Waals surface area contributed by atoms with Crippen LogP contribution >= 0.6 is 35.3 Å². The monoisotopic (exact) mass is 508 g/mol. The number of guanidine groups is 1. The third kappa shape index (κ3) is 9.58. The van der Waals surface area contributed by atoms with Gasteiger partial charge in [0.2, 0.25) is 0 Å². The molecule has 1 fully saturated rings. The molecule has 2 heterocycles. The lowest BCUT2D eigenvalue weighted by atomic mass is 10.00. The number of hydrogen-bond donors (Lipinski definition) is 3. The van der Waals surface area contributed by atoms with E-state index in [4.69, 9.17) is 0 Å². The van der Waals surface area contributed by atoms with Gasteiger partial charge in [0.1, 0.15) is 5.60 Å². The Morgan fingerprint density at radius 2 is 2.00 bits per heavy atom. The van der Waals surface area contributed by atoms with Gasteiger partial charge < -0.3 is 20.6 Å². The summed E-state index contributed by atoms with van der Waals surface area (Å²) in [6.45, 7) is 9.81. The third-order valence-electron chi connectivity index (χ3n) is 4.92. The molecule has 1 saturated heterocycles. The van der Waals surface area contributed by atoms with E-state index in [0.717, 1.165) is 31.0 Å². The Balaban J connectivity index is 0.00000364. The Labute approximate surface area is 186 Å². The number of hydrogen-bond acceptors (Lipinski definition) is 4. The molecule has 2 rings (SSSR count). The van der Waals surface area contributed by atoms with E-state index in [-0.39, 0.29) is 24.0 Å². The third-order valence-corrected chi connectivity index (χ3v) is 5.61. The molecular weight excluding hydrogens is 471 g/mol. The van der Waals surface area contributed by atoms with Crippen LogP contribution in [0.2, 0.25) is 0 Å². The van der Waals surface area contributed by atoms with Gasteiger partial charge in [0, 0.05) is 13.1 Å². The van der Waals surface area contributed by atoms with E-state index in [9.17, 15) is 5.11 Å². The summed E-state index contributed by atoms with van der Waals surface area (Å²) < 4.78 is 0. The lowest BCUT2D eigenvalue weighted by molar-refractivity contribution is 0.0677. The van der Waals surface area contributed by atoms with Crippen LogP contribution in [0.25, 0.3) is 0 Å². The quantitative estimate of drug-likeness (QED) is 0.195. The zero-order valence-electron chi connectivity index (χ0n) is 16.9. The zero-order valence-corrected chi connectivity index (χ0v) is 20.0. The van der Waals surface area contributed by atoms with Crippen molar-refractivity contribution in [2.24, 2.45) is 4.99 Å². The Morgan fingerprint density at radius 1 is 1.22 bits per heavy atom. The van der Waals surface area contributed by atoms with Crippen molar-refractivity contribution >= 4 is 41.3 Å². The molecule has 0 radical (unpaired) electrons. The number of thiophene rings is 1. The largest absolute Gasteiger partial charge is 0.383 e. The second-order valence-electron chi connectivity index (χ2n) is 7.37. The standard InChI is InChI=1S/C20H36N4OS.HI/c1-3-21-19(23-17-20(2,25)18-10-15-26-16-18)22-11-6-4-7-12-24-13-8-5-9-14-24;/h10,15-16,25H,3-9,11-14,17H2,1-2H3,(H2,21,22,23);1H. The first-order valence-corrected chi connectivity index (χ1v) is 11.1. The van der Waals surface area contributed by atoms with E-state index in [1.165, 1.54) is 51.7 Å². The number of aliphatic imine (C=N–C) groups is 1. The Morgan fingerprint density at radius 3 is 2.67 bits per heavy atom. The maximum atomic E-state index is 10.6. The van der Waals surface area contributed by atoms with Gasteiger partial charge in [0.25, 0.3) is 0 Å². The maximum Gasteiger partial charge on any atom is 0.191 e. The van der Waals surface area contributed by atoms with Crippen LogP contribution in [0.15, 0.2) is 21.8 Å². The summed E-state index contributed by atoms with van der Waals surface area (Å²) in [4.78, 5) is 7.18. The highest BCUT2D eigenvalue weighted by Gasteiger charge is 2.23. The Bertz CT molecular complexity index is 516. The predicted molar refractivity (Wildman–Crippen MR) is 127 cm³/mol. The number of likely N-dealkylation sites (tertiary alicyclic amines) is 1. The second-order valence-corrected chi connectivity index (χ2v) is 8.15. The molecular formula is C20H37IN4OS. The van der Waals surface area contributed by atoms with Crippen molar-refractivity contribution in [1.82, 2.24) is 15.5 Å². The van der Waals surface area contributed by atoms with E-state index in [1.807, 2.05) is 23.8 Å². The topological polar surface area (TPSA) is 59.9 Å². The summed E-state index contributed by atoms with van der Waals surface area (Å²) >= 11 is 1.60. The molecule has 156 valence electrons. The molecule has 27 heavy (non-hydrogen) atoms. The van der Waals surface area contributed by atoms with Crippen LogP contribution < -0.4 is 10.6 Å². The van der Waals surface area contributed by atoms with E-state index < -0.39 is 5.60 Å². The molecule has 1 aliphatic heterocycles. The zero-order chi connectivity index (χ0) is 18.7. The van der Waals surface area contributed by atoms with Crippen LogP contribution in [-0.4, -0.2) is 55.2 Å². The van der Waals surface area contributed by atoms with Gasteiger partial charge in [0.05, 0.1) is 6.54 Å². The van der Waals surface area contributed by atoms with Gasteiger partial charge in [-0.05, 0) is 81.6 Å². The molecule has 0 bridgehead atoms. The van der Waals surface area contributed by atoms with Gasteiger partial charge in [-0.3, -0.25) is 0 Å². The van der Waals surface area contributed by atoms with E-state index in [1.54, 1.807) is 11.3 Å². The lowest BCUT2D eigenvalue weighted by Crippen LogP contribution is -2.39. The fourth-order valence-electron chi connectivity index (χ4n) is 3.26. The molecule has 0 aromatic carbocycles. The fourth-order valence-corrected chi connectivity index (χ4v) is 4.05. The van der Waals surface area contributed by atoms with E-state index in [2.05, 4.69) is 27.4 Å². The predicted octanol–water partition coefficient (Wildman–Crippen LogP) is 3.78. The Hall–Kier alpha value is -0.380. The van der Waals surface area contributed by atoms with E-state index in [0.29, 0.717) is 6.54 Å². The van der Waals surface area contributed by atoms with Gasteiger partial charge in [-0.2, -0.15) is 11.3 Å². The molecule has 0 amide bonds. The number of nitrogens with zero attached hydrogens (tertiary/aromatic N) is 2. The molecule has 1 aliphatic rings. The highest BCUT2D eigenvalue weighted by atomic mass is 127. The minimum Gasteiger partial charge on any atom is -0.383 e. The Kier molecular flexibility index (Phi) is 12.5. The van der Waals surface area contributed by atoms with Crippen molar-refractivity contribution < 1.29 is 5.11 Å². The first kappa shape index (κ1) is 24.7. The van der Waals surface area contributed by atoms with Crippen LogP contribution in [0.1, 0.15) is 57.9 Å². The van der Waals surface area contributed by atoms with Gasteiger partial charge in [-0.15, -0.1) is 24.0 Å². The van der Waals surface area contributed by atoms with Crippen molar-refractivity contribution in [3.8, 4) is 0 Å². The normalized spacial score (nSPS) is 17.8. The summed E-state index contributed by atoms with van der Waals surface area (Å²) in [6, 6.07) is 1.96. The van der Waals surface area contributed by atoms with Gasteiger partial charge >= 0.3 is 0 Å². The molecule has 1 aromatic rings. The van der Waals surface area contributed by atoms with Crippen molar-refractivity contribution in [2.75, 3.05) is 39.3 Å². The molecule has 0 aliphatic carbocycles. The van der Waals surface area contributed by atoms with Crippen LogP contribution in [-0.2, 0) is 5.60 Å². The minimum atomic E-state index is -0.920. The van der Waals surface area contributed by atoms with Crippen molar-refractivity contribution in [3.63, 3.8) is 0 Å². The first-order chi connectivity index (χ1) is 12.6. The second kappa shape index (κ2) is 13.7. The first-order valence-electron chi connectivity index (χ1n) is 10.1. The van der Waals surface area contributed by atoms with Crippen molar-refractivity contribution in [3.05, 3.63) is 22.4 Å². The summed E-state index contributed by atoms with van der Waals surface area (Å²) in [5.41, 5.74) is 0.0105. The van der Waals surface area contributed by atoms with Crippen LogP contribution in [0.3, 0.4) is 0 Å². The molecule has 0 spiro atoms. The minimum absolute atomic E-state index is 0. The number of aliphatic hydroxyl groups is 1. The van der Waals surface area contributed by atoms with Crippen molar-refractivity contribution in [2.45, 2.75) is 58.0 Å². The van der Waals surface area contributed by atoms with Crippen LogP contribution in [0.5, 0.6) is 0 Å². The summed E-state index contributed by atoms with van der Waals surface area (Å²) in [6.07, 6.45) is 7.83. The van der Waals surface area contributed by atoms with Crippen molar-refractivity contribution in [1.29, 1.82) is 0 Å². The van der Waals surface area contributed by atoms with Gasteiger partial charge in [0.15, 0.2) is 5.96 Å². The molecule has 5 nitrogen and oxygen atoms in total. The highest BCUT2D eigenvalue weighted by Crippen LogP contribution is 2.23. The molecule has 1 atom stereocenters. The number of rotatable bonds is 10. The molecule has 3 N–H and O–H groups in total. The summed E-state index contributed by atoms with van der Waals surface area (Å²) in [5, 5.41) is 21.2. The average molecular weight is 509 g/mol. The van der Waals surface area contributed by atoms with Crippen LogP contribution in [0.4, 0.5) is 0 Å². The van der Waals surface area contributed by atoms with Gasteiger partial charge in [-0.1, -0.05) is 12.8 Å². The number of halogens is 1. The molecule has 7 heteroatoms. The van der Waals surface area contributed by atoms with E-state index >= 15 is 0 Å². The average Bonchev–Trinajstić information content (AvgIpc) is 3.19. The number of piperidine rings is 1. The molecule has 1 aromatic heterocycles. The number of nitrogens with one attached hydrogen (secondary N) is 2. The molecule has 1 unspecified atom stereocenters.